The van der Waals surface area contributed by atoms with Crippen LogP contribution in [0, 0.1) is 12.8 Å². The van der Waals surface area contributed by atoms with Crippen LogP contribution in [-0.4, -0.2) is 62.8 Å². The smallest absolute Gasteiger partial charge is 0.225 e. The minimum Gasteiger partial charge on any atom is -0.368 e. The molecule has 0 radical (unpaired) electrons. The fourth-order valence-corrected chi connectivity index (χ4v) is 6.19. The molecule has 0 spiro atoms. The van der Waals surface area contributed by atoms with E-state index in [0.717, 1.165) is 37.3 Å². The number of piperidine rings is 1. The number of sulfonamides is 1. The molecule has 6 nitrogen and oxygen atoms in total. The third-order valence-corrected chi connectivity index (χ3v) is 8.34. The van der Waals surface area contributed by atoms with Crippen molar-refractivity contribution in [1.29, 1.82) is 0 Å². The molecule has 166 valence electrons. The summed E-state index contributed by atoms with van der Waals surface area (Å²) in [5.74, 6) is 0.136. The molecule has 0 N–H and O–H groups in total. The first-order valence-electron chi connectivity index (χ1n) is 11.1. The molecule has 2 fully saturated rings. The Morgan fingerprint density at radius 2 is 1.48 bits per heavy atom. The van der Waals surface area contributed by atoms with E-state index in [4.69, 9.17) is 0 Å². The molecule has 0 bridgehead atoms. The third-order valence-electron chi connectivity index (χ3n) is 6.51. The van der Waals surface area contributed by atoms with Gasteiger partial charge in [0.2, 0.25) is 15.9 Å². The van der Waals surface area contributed by atoms with Crippen LogP contribution >= 0.6 is 0 Å². The molecule has 2 saturated heterocycles. The first-order valence-corrected chi connectivity index (χ1v) is 12.7. The largest absolute Gasteiger partial charge is 0.368 e. The van der Waals surface area contributed by atoms with Crippen molar-refractivity contribution in [2.75, 3.05) is 44.2 Å². The summed E-state index contributed by atoms with van der Waals surface area (Å²) < 4.78 is 27.3. The minimum atomic E-state index is -3.37. The molecule has 0 saturated carbocycles. The lowest BCUT2D eigenvalue weighted by molar-refractivity contribution is -0.137. The summed E-state index contributed by atoms with van der Waals surface area (Å²) in [4.78, 5) is 17.3. The number of para-hydroxylation sites is 1. The summed E-state index contributed by atoms with van der Waals surface area (Å²) >= 11 is 0. The van der Waals surface area contributed by atoms with E-state index in [0.29, 0.717) is 25.9 Å². The molecule has 0 aliphatic carbocycles. The van der Waals surface area contributed by atoms with Crippen molar-refractivity contribution in [2.45, 2.75) is 25.5 Å². The normalized spacial score (nSPS) is 18.9. The lowest BCUT2D eigenvalue weighted by Crippen LogP contribution is -2.52. The number of carbonyl (C=O) groups excluding carboxylic acids is 1. The molecule has 2 aliphatic heterocycles. The number of piperazine rings is 1. The number of aryl methyl sites for hydroxylation is 1. The highest BCUT2D eigenvalue weighted by molar-refractivity contribution is 7.88. The predicted octanol–water partition coefficient (Wildman–Crippen LogP) is 2.89. The summed E-state index contributed by atoms with van der Waals surface area (Å²) in [6.07, 6.45) is 1.20. The van der Waals surface area contributed by atoms with Crippen LogP contribution < -0.4 is 4.90 Å². The number of hydrogen-bond acceptors (Lipinski definition) is 4. The summed E-state index contributed by atoms with van der Waals surface area (Å²) in [6.45, 7) is 5.90. The topological polar surface area (TPSA) is 60.9 Å². The van der Waals surface area contributed by atoms with Gasteiger partial charge >= 0.3 is 0 Å². The Morgan fingerprint density at radius 1 is 0.871 bits per heavy atom. The van der Waals surface area contributed by atoms with Crippen LogP contribution in [-0.2, 0) is 20.6 Å². The van der Waals surface area contributed by atoms with E-state index in [9.17, 15) is 13.2 Å². The highest BCUT2D eigenvalue weighted by Crippen LogP contribution is 2.25. The van der Waals surface area contributed by atoms with Crippen molar-refractivity contribution in [1.82, 2.24) is 9.21 Å². The van der Waals surface area contributed by atoms with Crippen molar-refractivity contribution in [2.24, 2.45) is 5.92 Å². The molecular formula is C24H31N3O3S. The standard InChI is InChI=1S/C24H31N3O3S/c1-20-7-5-6-8-22(20)19-31(29,30)27-13-11-21(12-14-27)24(28)26-17-15-25(16-18-26)23-9-3-2-4-10-23/h2-10,21H,11-19H2,1H3. The van der Waals surface area contributed by atoms with Gasteiger partial charge in [-0.05, 0) is 43.0 Å². The first kappa shape index (κ1) is 21.8. The van der Waals surface area contributed by atoms with Gasteiger partial charge in [0.1, 0.15) is 0 Å². The molecule has 2 aromatic carbocycles. The SMILES string of the molecule is Cc1ccccc1CS(=O)(=O)N1CCC(C(=O)N2CCN(c3ccccc3)CC2)CC1. The molecule has 2 heterocycles. The average Bonchev–Trinajstić information content (AvgIpc) is 2.81. The highest BCUT2D eigenvalue weighted by Gasteiger charge is 2.34. The maximum absolute atomic E-state index is 13.0. The monoisotopic (exact) mass is 441 g/mol. The van der Waals surface area contributed by atoms with Gasteiger partial charge in [0, 0.05) is 50.9 Å². The Bertz CT molecular complexity index is 994. The van der Waals surface area contributed by atoms with Gasteiger partial charge in [-0.1, -0.05) is 42.5 Å². The molecule has 0 aromatic heterocycles. The molecule has 1 amide bonds. The van der Waals surface area contributed by atoms with Gasteiger partial charge in [-0.3, -0.25) is 4.79 Å². The zero-order valence-electron chi connectivity index (χ0n) is 18.1. The quantitative estimate of drug-likeness (QED) is 0.716. The maximum Gasteiger partial charge on any atom is 0.225 e. The molecule has 0 unspecified atom stereocenters. The molecular weight excluding hydrogens is 410 g/mol. The molecule has 2 aliphatic rings. The van der Waals surface area contributed by atoms with Crippen LogP contribution in [0.3, 0.4) is 0 Å². The Hall–Kier alpha value is -2.38. The number of rotatable bonds is 5. The van der Waals surface area contributed by atoms with Crippen LogP contribution in [0.15, 0.2) is 54.6 Å². The number of amides is 1. The Kier molecular flexibility index (Phi) is 6.62. The first-order chi connectivity index (χ1) is 14.9. The summed E-state index contributed by atoms with van der Waals surface area (Å²) in [7, 11) is -3.37. The van der Waals surface area contributed by atoms with Crippen molar-refractivity contribution in [3.8, 4) is 0 Å². The molecule has 2 aromatic rings. The van der Waals surface area contributed by atoms with Crippen molar-refractivity contribution >= 4 is 21.6 Å². The summed E-state index contributed by atoms with van der Waals surface area (Å²) in [5, 5.41) is 0. The highest BCUT2D eigenvalue weighted by atomic mass is 32.2. The van der Waals surface area contributed by atoms with Crippen molar-refractivity contribution in [3.05, 3.63) is 65.7 Å². The van der Waals surface area contributed by atoms with E-state index in [1.54, 1.807) is 4.31 Å². The van der Waals surface area contributed by atoms with E-state index in [2.05, 4.69) is 17.0 Å². The molecule has 0 atom stereocenters. The number of hydrogen-bond donors (Lipinski definition) is 0. The average molecular weight is 442 g/mol. The van der Waals surface area contributed by atoms with Gasteiger partial charge < -0.3 is 9.80 Å². The van der Waals surface area contributed by atoms with Crippen molar-refractivity contribution < 1.29 is 13.2 Å². The second-order valence-corrected chi connectivity index (χ2v) is 10.5. The van der Waals surface area contributed by atoms with Gasteiger partial charge in [0.15, 0.2) is 0 Å². The van der Waals surface area contributed by atoms with E-state index in [1.165, 1.54) is 5.69 Å². The van der Waals surface area contributed by atoms with Gasteiger partial charge in [-0.25, -0.2) is 12.7 Å². The van der Waals surface area contributed by atoms with Gasteiger partial charge in [0.05, 0.1) is 5.75 Å². The van der Waals surface area contributed by atoms with E-state index in [-0.39, 0.29) is 17.6 Å². The second-order valence-electron chi connectivity index (χ2n) is 8.50. The van der Waals surface area contributed by atoms with E-state index in [1.807, 2.05) is 54.3 Å². The number of anilines is 1. The molecule has 4 rings (SSSR count). The predicted molar refractivity (Wildman–Crippen MR) is 123 cm³/mol. The van der Waals surface area contributed by atoms with Crippen LogP contribution in [0.5, 0.6) is 0 Å². The van der Waals surface area contributed by atoms with Crippen LogP contribution in [0.2, 0.25) is 0 Å². The minimum absolute atomic E-state index is 0.0275. The fourth-order valence-electron chi connectivity index (χ4n) is 4.52. The van der Waals surface area contributed by atoms with Gasteiger partial charge in [0.25, 0.3) is 0 Å². The second kappa shape index (κ2) is 9.40. The lowest BCUT2D eigenvalue weighted by atomic mass is 9.96. The lowest BCUT2D eigenvalue weighted by Gasteiger charge is -2.39. The van der Waals surface area contributed by atoms with Gasteiger partial charge in [-0.2, -0.15) is 0 Å². The van der Waals surface area contributed by atoms with Crippen LogP contribution in [0.4, 0.5) is 5.69 Å². The molecule has 7 heteroatoms. The fraction of sp³-hybridized carbons (Fsp3) is 0.458. The zero-order valence-corrected chi connectivity index (χ0v) is 18.9. The van der Waals surface area contributed by atoms with Crippen molar-refractivity contribution in [3.63, 3.8) is 0 Å². The number of nitrogens with zero attached hydrogens (tertiary/aromatic N) is 3. The Labute approximate surface area is 185 Å². The Balaban J connectivity index is 1.29. The molecule has 31 heavy (non-hydrogen) atoms. The third kappa shape index (κ3) is 5.10. The maximum atomic E-state index is 13.0. The van der Waals surface area contributed by atoms with E-state index >= 15 is 0 Å². The van der Waals surface area contributed by atoms with Crippen LogP contribution in [0.25, 0.3) is 0 Å². The Morgan fingerprint density at radius 3 is 2.13 bits per heavy atom. The summed E-state index contributed by atoms with van der Waals surface area (Å²) in [5.41, 5.74) is 3.03. The number of carbonyl (C=O) groups is 1. The van der Waals surface area contributed by atoms with Crippen LogP contribution in [0.1, 0.15) is 24.0 Å². The number of benzene rings is 2. The zero-order chi connectivity index (χ0) is 21.8. The summed E-state index contributed by atoms with van der Waals surface area (Å²) in [6, 6.07) is 17.9. The van der Waals surface area contributed by atoms with E-state index < -0.39 is 10.0 Å². The van der Waals surface area contributed by atoms with Gasteiger partial charge in [-0.15, -0.1) is 0 Å².